The first kappa shape index (κ1) is 16.0. The standard InChI is InChI=1S/C13H22N4O3S/c1-16(2)13(18)12-6-10(8-17(12)3)21(19,20)15-7-11(14)9-4-5-9/h6,8-9,11,15H,4-5,7,14H2,1-3H3. The van der Waals surface area contributed by atoms with Crippen LogP contribution < -0.4 is 10.5 Å². The minimum Gasteiger partial charge on any atom is -0.345 e. The van der Waals surface area contributed by atoms with Gasteiger partial charge >= 0.3 is 0 Å². The van der Waals surface area contributed by atoms with E-state index in [4.69, 9.17) is 5.73 Å². The number of aryl methyl sites for hydroxylation is 1. The van der Waals surface area contributed by atoms with Crippen molar-refractivity contribution in [1.82, 2.24) is 14.2 Å². The van der Waals surface area contributed by atoms with Gasteiger partial charge in [-0.2, -0.15) is 0 Å². The Bertz CT molecular complexity index is 632. The summed E-state index contributed by atoms with van der Waals surface area (Å²) in [5.74, 6) is 0.183. The van der Waals surface area contributed by atoms with Crippen molar-refractivity contribution in [1.29, 1.82) is 0 Å². The molecule has 3 N–H and O–H groups in total. The zero-order chi connectivity index (χ0) is 15.8. The molecule has 0 saturated heterocycles. The van der Waals surface area contributed by atoms with Crippen molar-refractivity contribution in [3.05, 3.63) is 18.0 Å². The third-order valence-corrected chi connectivity index (χ3v) is 5.04. The van der Waals surface area contributed by atoms with Gasteiger partial charge in [-0.25, -0.2) is 13.1 Å². The molecule has 2 rings (SSSR count). The van der Waals surface area contributed by atoms with Gasteiger partial charge in [0.1, 0.15) is 10.6 Å². The van der Waals surface area contributed by atoms with Gasteiger partial charge in [0, 0.05) is 39.9 Å². The quantitative estimate of drug-likeness (QED) is 0.756. The van der Waals surface area contributed by atoms with Crippen LogP contribution in [0.2, 0.25) is 0 Å². The number of hydrogen-bond acceptors (Lipinski definition) is 4. The highest BCUT2D eigenvalue weighted by molar-refractivity contribution is 7.89. The molecule has 1 fully saturated rings. The summed E-state index contributed by atoms with van der Waals surface area (Å²) in [4.78, 5) is 13.4. The average Bonchev–Trinajstić information content (AvgIpc) is 3.18. The first-order valence-electron chi connectivity index (χ1n) is 6.85. The molecule has 0 aromatic carbocycles. The summed E-state index contributed by atoms with van der Waals surface area (Å²) >= 11 is 0. The molecule has 1 unspecified atom stereocenters. The van der Waals surface area contributed by atoms with Crippen molar-refractivity contribution in [3.8, 4) is 0 Å². The van der Waals surface area contributed by atoms with Gasteiger partial charge in [-0.05, 0) is 24.8 Å². The number of rotatable bonds is 6. The molecule has 0 radical (unpaired) electrons. The summed E-state index contributed by atoms with van der Waals surface area (Å²) in [7, 11) is 1.24. The Labute approximate surface area is 125 Å². The van der Waals surface area contributed by atoms with Crippen molar-refractivity contribution in [2.45, 2.75) is 23.8 Å². The molecular weight excluding hydrogens is 292 g/mol. The predicted octanol–water partition coefficient (Wildman–Crippen LogP) is -0.257. The molecular formula is C13H22N4O3S. The van der Waals surface area contributed by atoms with Crippen LogP contribution >= 0.6 is 0 Å². The second kappa shape index (κ2) is 5.78. The fraction of sp³-hybridized carbons (Fsp3) is 0.615. The molecule has 7 nitrogen and oxygen atoms in total. The van der Waals surface area contributed by atoms with E-state index in [1.807, 2.05) is 0 Å². The number of nitrogens with zero attached hydrogens (tertiary/aromatic N) is 2. The molecule has 1 aliphatic carbocycles. The van der Waals surface area contributed by atoms with Crippen LogP contribution in [0.15, 0.2) is 17.2 Å². The van der Waals surface area contributed by atoms with Crippen molar-refractivity contribution in [2.75, 3.05) is 20.6 Å². The van der Waals surface area contributed by atoms with E-state index in [0.29, 0.717) is 11.6 Å². The van der Waals surface area contributed by atoms with Crippen molar-refractivity contribution < 1.29 is 13.2 Å². The first-order chi connectivity index (χ1) is 9.72. The molecule has 1 heterocycles. The number of amides is 1. The van der Waals surface area contributed by atoms with Crippen LogP contribution in [0.25, 0.3) is 0 Å². The summed E-state index contributed by atoms with van der Waals surface area (Å²) in [6, 6.07) is 1.24. The molecule has 1 amide bonds. The van der Waals surface area contributed by atoms with E-state index < -0.39 is 10.0 Å². The van der Waals surface area contributed by atoms with Crippen molar-refractivity contribution >= 4 is 15.9 Å². The lowest BCUT2D eigenvalue weighted by Gasteiger charge is -2.11. The third-order valence-electron chi connectivity index (χ3n) is 3.65. The van der Waals surface area contributed by atoms with E-state index in [1.54, 1.807) is 21.1 Å². The molecule has 1 saturated carbocycles. The number of hydrogen-bond donors (Lipinski definition) is 2. The van der Waals surface area contributed by atoms with E-state index in [1.165, 1.54) is 21.7 Å². The maximum Gasteiger partial charge on any atom is 0.269 e. The Morgan fingerprint density at radius 1 is 1.52 bits per heavy atom. The van der Waals surface area contributed by atoms with E-state index >= 15 is 0 Å². The Balaban J connectivity index is 2.12. The highest BCUT2D eigenvalue weighted by atomic mass is 32.2. The lowest BCUT2D eigenvalue weighted by atomic mass is 10.2. The lowest BCUT2D eigenvalue weighted by Crippen LogP contribution is -2.38. The lowest BCUT2D eigenvalue weighted by molar-refractivity contribution is 0.0818. The minimum atomic E-state index is -3.64. The van der Waals surface area contributed by atoms with E-state index in [2.05, 4.69) is 4.72 Å². The molecule has 118 valence electrons. The van der Waals surface area contributed by atoms with Crippen LogP contribution in [0.4, 0.5) is 0 Å². The smallest absolute Gasteiger partial charge is 0.269 e. The van der Waals surface area contributed by atoms with Gasteiger partial charge in [-0.3, -0.25) is 4.79 Å². The number of carbonyl (C=O) groups is 1. The molecule has 1 aromatic rings. The molecule has 1 aromatic heterocycles. The summed E-state index contributed by atoms with van der Waals surface area (Å²) in [6.07, 6.45) is 3.56. The van der Waals surface area contributed by atoms with E-state index in [0.717, 1.165) is 12.8 Å². The maximum absolute atomic E-state index is 12.2. The molecule has 1 aliphatic rings. The van der Waals surface area contributed by atoms with Gasteiger partial charge in [-0.15, -0.1) is 0 Å². The maximum atomic E-state index is 12.2. The van der Waals surface area contributed by atoms with Crippen LogP contribution in [-0.4, -0.2) is 50.5 Å². The van der Waals surface area contributed by atoms with E-state index in [9.17, 15) is 13.2 Å². The molecule has 0 bridgehead atoms. The van der Waals surface area contributed by atoms with Crippen LogP contribution in [0.1, 0.15) is 23.3 Å². The van der Waals surface area contributed by atoms with Gasteiger partial charge in [-0.1, -0.05) is 0 Å². The summed E-state index contributed by atoms with van der Waals surface area (Å²) in [6.45, 7) is 0.221. The number of sulfonamides is 1. The summed E-state index contributed by atoms with van der Waals surface area (Å²) in [5, 5.41) is 0. The topological polar surface area (TPSA) is 97.4 Å². The van der Waals surface area contributed by atoms with Crippen LogP contribution in [0, 0.1) is 5.92 Å². The summed E-state index contributed by atoms with van der Waals surface area (Å²) in [5.41, 5.74) is 6.22. The Morgan fingerprint density at radius 2 is 2.14 bits per heavy atom. The largest absolute Gasteiger partial charge is 0.345 e. The van der Waals surface area contributed by atoms with Crippen LogP contribution in [-0.2, 0) is 17.1 Å². The van der Waals surface area contributed by atoms with Crippen molar-refractivity contribution in [2.24, 2.45) is 18.7 Å². The normalized spacial score (nSPS) is 16.8. The monoisotopic (exact) mass is 314 g/mol. The number of carbonyl (C=O) groups excluding carboxylic acids is 1. The predicted molar refractivity (Wildman–Crippen MR) is 79.3 cm³/mol. The minimum absolute atomic E-state index is 0.0817. The number of nitrogens with one attached hydrogen (secondary N) is 1. The highest BCUT2D eigenvalue weighted by Crippen LogP contribution is 2.31. The van der Waals surface area contributed by atoms with Crippen LogP contribution in [0.3, 0.4) is 0 Å². The first-order valence-corrected chi connectivity index (χ1v) is 8.34. The zero-order valence-electron chi connectivity index (χ0n) is 12.5. The molecule has 0 spiro atoms. The second-order valence-electron chi connectivity index (χ2n) is 5.72. The van der Waals surface area contributed by atoms with E-state index in [-0.39, 0.29) is 23.4 Å². The van der Waals surface area contributed by atoms with Gasteiger partial charge in [0.2, 0.25) is 10.0 Å². The molecule has 0 aliphatic heterocycles. The fourth-order valence-electron chi connectivity index (χ4n) is 2.10. The molecule has 8 heteroatoms. The van der Waals surface area contributed by atoms with Crippen molar-refractivity contribution in [3.63, 3.8) is 0 Å². The van der Waals surface area contributed by atoms with Crippen LogP contribution in [0.5, 0.6) is 0 Å². The third kappa shape index (κ3) is 3.63. The zero-order valence-corrected chi connectivity index (χ0v) is 13.4. The molecule has 21 heavy (non-hydrogen) atoms. The van der Waals surface area contributed by atoms with Gasteiger partial charge in [0.25, 0.3) is 5.91 Å². The highest BCUT2D eigenvalue weighted by Gasteiger charge is 2.30. The fourth-order valence-corrected chi connectivity index (χ4v) is 3.25. The summed E-state index contributed by atoms with van der Waals surface area (Å²) < 4.78 is 28.5. The SMILES string of the molecule is CN(C)C(=O)c1cc(S(=O)(=O)NCC(N)C2CC2)cn1C. The van der Waals surface area contributed by atoms with Gasteiger partial charge < -0.3 is 15.2 Å². The number of aromatic nitrogens is 1. The number of nitrogens with two attached hydrogens (primary N) is 1. The van der Waals surface area contributed by atoms with Gasteiger partial charge in [0.15, 0.2) is 0 Å². The van der Waals surface area contributed by atoms with Gasteiger partial charge in [0.05, 0.1) is 0 Å². The Kier molecular flexibility index (Phi) is 4.40. The second-order valence-corrected chi connectivity index (χ2v) is 7.49. The Morgan fingerprint density at radius 3 is 2.67 bits per heavy atom. The Hall–Kier alpha value is -1.38. The molecule has 1 atom stereocenters. The average molecular weight is 314 g/mol.